The molecule has 1 aliphatic rings. The average molecular weight is 330 g/mol. The summed E-state index contributed by atoms with van der Waals surface area (Å²) in [5, 5.41) is 10.3. The van der Waals surface area contributed by atoms with Crippen molar-refractivity contribution in [3.8, 4) is 0 Å². The summed E-state index contributed by atoms with van der Waals surface area (Å²) in [5.41, 5.74) is 1.20. The molecule has 1 unspecified atom stereocenters. The molecule has 1 aromatic rings. The van der Waals surface area contributed by atoms with Gasteiger partial charge in [-0.25, -0.2) is 0 Å². The minimum Gasteiger partial charge on any atom is -0.481 e. The van der Waals surface area contributed by atoms with E-state index in [1.807, 2.05) is 18.2 Å². The molecule has 1 aromatic carbocycles. The van der Waals surface area contributed by atoms with E-state index < -0.39 is 5.97 Å². The third kappa shape index (κ3) is 5.17. The monoisotopic (exact) mass is 329 g/mol. The molecule has 21 heavy (non-hydrogen) atoms. The Hall–Kier alpha value is -0.770. The number of carbonyl (C=O) groups is 1. The molecule has 1 atom stereocenters. The molecule has 3 nitrogen and oxygen atoms in total. The summed E-state index contributed by atoms with van der Waals surface area (Å²) >= 11 is 11.9. The second-order valence-corrected chi connectivity index (χ2v) is 6.50. The standard InChI is InChI=1S/C16H21Cl2NO2/c17-14-7-6-12(10-15(14)18)4-1-2-8-19-9-3-5-13(11-19)16(20)21/h6-7,10,13H,1-5,8-9,11H2,(H,20,21). The molecule has 0 saturated carbocycles. The number of benzene rings is 1. The maximum atomic E-state index is 11.0. The average Bonchev–Trinajstić information content (AvgIpc) is 2.47. The molecule has 2 rings (SSSR count). The van der Waals surface area contributed by atoms with Gasteiger partial charge in [0.15, 0.2) is 0 Å². The van der Waals surface area contributed by atoms with E-state index in [1.54, 1.807) is 0 Å². The van der Waals surface area contributed by atoms with Gasteiger partial charge in [-0.2, -0.15) is 0 Å². The van der Waals surface area contributed by atoms with Crippen molar-refractivity contribution >= 4 is 29.2 Å². The highest BCUT2D eigenvalue weighted by Crippen LogP contribution is 2.23. The van der Waals surface area contributed by atoms with Crippen LogP contribution in [0.5, 0.6) is 0 Å². The van der Waals surface area contributed by atoms with Crippen molar-refractivity contribution in [2.45, 2.75) is 32.1 Å². The van der Waals surface area contributed by atoms with E-state index in [-0.39, 0.29) is 5.92 Å². The zero-order valence-corrected chi connectivity index (χ0v) is 13.5. The quantitative estimate of drug-likeness (QED) is 0.798. The van der Waals surface area contributed by atoms with E-state index in [0.717, 1.165) is 45.2 Å². The Labute approximate surface area is 135 Å². The van der Waals surface area contributed by atoms with Crippen molar-refractivity contribution in [3.63, 3.8) is 0 Å². The van der Waals surface area contributed by atoms with Crippen LogP contribution in [0.1, 0.15) is 31.2 Å². The van der Waals surface area contributed by atoms with Crippen molar-refractivity contribution in [2.75, 3.05) is 19.6 Å². The third-order valence-electron chi connectivity index (χ3n) is 4.03. The van der Waals surface area contributed by atoms with Gasteiger partial charge in [0, 0.05) is 6.54 Å². The number of piperidine rings is 1. The van der Waals surface area contributed by atoms with Crippen LogP contribution >= 0.6 is 23.2 Å². The summed E-state index contributed by atoms with van der Waals surface area (Å²) in [6, 6.07) is 5.77. The molecule has 1 heterocycles. The number of likely N-dealkylation sites (tertiary alicyclic amines) is 1. The van der Waals surface area contributed by atoms with Crippen molar-refractivity contribution in [2.24, 2.45) is 5.92 Å². The molecular formula is C16H21Cl2NO2. The highest BCUT2D eigenvalue weighted by molar-refractivity contribution is 6.42. The van der Waals surface area contributed by atoms with Gasteiger partial charge in [0.1, 0.15) is 0 Å². The summed E-state index contributed by atoms with van der Waals surface area (Å²) in [4.78, 5) is 13.3. The van der Waals surface area contributed by atoms with Gasteiger partial charge in [0.2, 0.25) is 0 Å². The number of nitrogens with zero attached hydrogens (tertiary/aromatic N) is 1. The molecule has 1 aliphatic heterocycles. The number of carboxylic acid groups (broad SMARTS) is 1. The van der Waals surface area contributed by atoms with Crippen molar-refractivity contribution in [1.82, 2.24) is 4.90 Å². The summed E-state index contributed by atoms with van der Waals surface area (Å²) in [5.74, 6) is -0.843. The predicted molar refractivity (Wildman–Crippen MR) is 86.2 cm³/mol. The van der Waals surface area contributed by atoms with E-state index in [0.29, 0.717) is 16.6 Å². The lowest BCUT2D eigenvalue weighted by atomic mass is 9.98. The van der Waals surface area contributed by atoms with Gasteiger partial charge in [-0.15, -0.1) is 0 Å². The number of hydrogen-bond acceptors (Lipinski definition) is 2. The van der Waals surface area contributed by atoms with Crippen LogP contribution in [0.25, 0.3) is 0 Å². The van der Waals surface area contributed by atoms with Gasteiger partial charge in [0.25, 0.3) is 0 Å². The Kier molecular flexibility index (Phi) is 6.34. The van der Waals surface area contributed by atoms with Crippen LogP contribution in [-0.2, 0) is 11.2 Å². The number of carboxylic acids is 1. The number of halogens is 2. The van der Waals surface area contributed by atoms with Crippen LogP contribution in [-0.4, -0.2) is 35.6 Å². The van der Waals surface area contributed by atoms with Gasteiger partial charge in [-0.3, -0.25) is 4.79 Å². The maximum Gasteiger partial charge on any atom is 0.307 e. The van der Waals surface area contributed by atoms with Crippen LogP contribution < -0.4 is 0 Å². The molecule has 5 heteroatoms. The normalized spacial score (nSPS) is 19.6. The number of aryl methyl sites for hydroxylation is 1. The first-order valence-electron chi connectivity index (χ1n) is 7.45. The molecule has 1 saturated heterocycles. The first-order valence-corrected chi connectivity index (χ1v) is 8.21. The Morgan fingerprint density at radius 2 is 2.10 bits per heavy atom. The van der Waals surface area contributed by atoms with Gasteiger partial charge in [-0.1, -0.05) is 29.3 Å². The van der Waals surface area contributed by atoms with Crippen molar-refractivity contribution < 1.29 is 9.90 Å². The predicted octanol–water partition coefficient (Wildman–Crippen LogP) is 4.11. The number of aliphatic carboxylic acids is 1. The van der Waals surface area contributed by atoms with Crippen LogP contribution in [0.15, 0.2) is 18.2 Å². The summed E-state index contributed by atoms with van der Waals surface area (Å²) in [6.45, 7) is 2.70. The number of hydrogen-bond donors (Lipinski definition) is 1. The van der Waals surface area contributed by atoms with Crippen LogP contribution in [0.3, 0.4) is 0 Å². The molecule has 0 radical (unpaired) electrons. The summed E-state index contributed by atoms with van der Waals surface area (Å²) in [6.07, 6.45) is 4.94. The molecule has 0 spiro atoms. The fourth-order valence-corrected chi connectivity index (χ4v) is 3.14. The maximum absolute atomic E-state index is 11.0. The molecule has 0 aliphatic carbocycles. The molecule has 116 valence electrons. The number of unbranched alkanes of at least 4 members (excludes halogenated alkanes) is 1. The fourth-order valence-electron chi connectivity index (χ4n) is 2.82. The Bertz CT molecular complexity index is 493. The van der Waals surface area contributed by atoms with Crippen LogP contribution in [0.2, 0.25) is 10.0 Å². The second-order valence-electron chi connectivity index (χ2n) is 5.68. The number of rotatable bonds is 6. The smallest absolute Gasteiger partial charge is 0.307 e. The first kappa shape index (κ1) is 16.6. The van der Waals surface area contributed by atoms with Crippen molar-refractivity contribution in [3.05, 3.63) is 33.8 Å². The first-order chi connectivity index (χ1) is 10.1. The Balaban J connectivity index is 1.69. The Morgan fingerprint density at radius 1 is 1.29 bits per heavy atom. The third-order valence-corrected chi connectivity index (χ3v) is 4.77. The van der Waals surface area contributed by atoms with E-state index >= 15 is 0 Å². The SMILES string of the molecule is O=C(O)C1CCCN(CCCCc2ccc(Cl)c(Cl)c2)C1. The van der Waals surface area contributed by atoms with Gasteiger partial charge < -0.3 is 10.0 Å². The van der Waals surface area contributed by atoms with Gasteiger partial charge in [-0.05, 0) is 62.9 Å². The van der Waals surface area contributed by atoms with E-state index in [1.165, 1.54) is 5.56 Å². The summed E-state index contributed by atoms with van der Waals surface area (Å²) in [7, 11) is 0. The van der Waals surface area contributed by atoms with Crippen LogP contribution in [0, 0.1) is 5.92 Å². The van der Waals surface area contributed by atoms with Gasteiger partial charge in [0.05, 0.1) is 16.0 Å². The second kappa shape index (κ2) is 8.02. The van der Waals surface area contributed by atoms with Gasteiger partial charge >= 0.3 is 5.97 Å². The zero-order valence-electron chi connectivity index (χ0n) is 12.0. The van der Waals surface area contributed by atoms with E-state index in [2.05, 4.69) is 4.90 Å². The van der Waals surface area contributed by atoms with Crippen LogP contribution in [0.4, 0.5) is 0 Å². The molecule has 1 N–H and O–H groups in total. The molecule has 1 fully saturated rings. The topological polar surface area (TPSA) is 40.5 Å². The minimum atomic E-state index is -0.657. The zero-order chi connectivity index (χ0) is 15.2. The highest BCUT2D eigenvalue weighted by atomic mass is 35.5. The van der Waals surface area contributed by atoms with E-state index in [9.17, 15) is 4.79 Å². The minimum absolute atomic E-state index is 0.186. The fraction of sp³-hybridized carbons (Fsp3) is 0.562. The van der Waals surface area contributed by atoms with Crippen molar-refractivity contribution in [1.29, 1.82) is 0 Å². The highest BCUT2D eigenvalue weighted by Gasteiger charge is 2.24. The molecule has 0 amide bonds. The molecular weight excluding hydrogens is 309 g/mol. The lowest BCUT2D eigenvalue weighted by molar-refractivity contribution is -0.143. The lowest BCUT2D eigenvalue weighted by Gasteiger charge is -2.30. The van der Waals surface area contributed by atoms with E-state index in [4.69, 9.17) is 28.3 Å². The molecule has 0 aromatic heterocycles. The lowest BCUT2D eigenvalue weighted by Crippen LogP contribution is -2.39. The Morgan fingerprint density at radius 3 is 2.81 bits per heavy atom. The largest absolute Gasteiger partial charge is 0.481 e. The molecule has 0 bridgehead atoms. The summed E-state index contributed by atoms with van der Waals surface area (Å²) < 4.78 is 0.